The fraction of sp³-hybridized carbons (Fsp3) is 0.263. The van der Waals surface area contributed by atoms with Crippen molar-refractivity contribution in [3.63, 3.8) is 0 Å². The van der Waals surface area contributed by atoms with Crippen molar-refractivity contribution in [2.45, 2.75) is 34.6 Å². The number of benzene rings is 2. The van der Waals surface area contributed by atoms with Crippen molar-refractivity contribution in [3.05, 3.63) is 64.2 Å². The molecule has 0 spiro atoms. The summed E-state index contributed by atoms with van der Waals surface area (Å²) >= 11 is 0. The molecule has 21 heavy (non-hydrogen) atoms. The van der Waals surface area contributed by atoms with E-state index in [1.807, 2.05) is 26.8 Å². The molecular formula is C19H20F2. The molecule has 110 valence electrons. The predicted molar refractivity (Wildman–Crippen MR) is 85.5 cm³/mol. The molecule has 2 aromatic carbocycles. The largest absolute Gasteiger partial charge is 0.207 e. The van der Waals surface area contributed by atoms with Gasteiger partial charge in [-0.1, -0.05) is 12.6 Å². The molecule has 0 aliphatic rings. The highest BCUT2D eigenvalue weighted by atomic mass is 19.1. The van der Waals surface area contributed by atoms with Crippen molar-refractivity contribution < 1.29 is 8.78 Å². The highest BCUT2D eigenvalue weighted by Crippen LogP contribution is 2.36. The number of allylic oxidation sites excluding steroid dienone is 1. The lowest BCUT2D eigenvalue weighted by Gasteiger charge is -2.19. The maximum atomic E-state index is 14.7. The van der Waals surface area contributed by atoms with Crippen LogP contribution in [-0.4, -0.2) is 0 Å². The van der Waals surface area contributed by atoms with E-state index in [2.05, 4.69) is 6.58 Å². The van der Waals surface area contributed by atoms with Crippen LogP contribution in [0.5, 0.6) is 0 Å². The van der Waals surface area contributed by atoms with Crippen LogP contribution >= 0.6 is 0 Å². The van der Waals surface area contributed by atoms with Crippen LogP contribution in [0, 0.1) is 39.3 Å². The van der Waals surface area contributed by atoms with E-state index in [9.17, 15) is 8.78 Å². The van der Waals surface area contributed by atoms with E-state index in [0.717, 1.165) is 27.8 Å². The van der Waals surface area contributed by atoms with Crippen LogP contribution in [0.2, 0.25) is 0 Å². The summed E-state index contributed by atoms with van der Waals surface area (Å²) in [5, 5.41) is 0. The molecule has 0 aliphatic heterocycles. The van der Waals surface area contributed by atoms with Gasteiger partial charge >= 0.3 is 0 Å². The zero-order chi connectivity index (χ0) is 15.9. The molecule has 0 unspecified atom stereocenters. The SMILES string of the molecule is C=C(C)c1c(C)c(C)c(-c2cc(C)cc(F)c2)c(C)c1F. The maximum Gasteiger partial charge on any atom is 0.134 e. The number of hydrogen-bond donors (Lipinski definition) is 0. The van der Waals surface area contributed by atoms with Gasteiger partial charge in [0, 0.05) is 5.56 Å². The summed E-state index contributed by atoms with van der Waals surface area (Å²) in [7, 11) is 0. The minimum atomic E-state index is -0.300. The number of halogens is 2. The van der Waals surface area contributed by atoms with E-state index in [-0.39, 0.29) is 11.6 Å². The van der Waals surface area contributed by atoms with Crippen molar-refractivity contribution in [1.29, 1.82) is 0 Å². The lowest BCUT2D eigenvalue weighted by Crippen LogP contribution is -2.02. The maximum absolute atomic E-state index is 14.7. The Morgan fingerprint density at radius 3 is 2.05 bits per heavy atom. The smallest absolute Gasteiger partial charge is 0.134 e. The van der Waals surface area contributed by atoms with Crippen LogP contribution in [0.25, 0.3) is 16.7 Å². The summed E-state index contributed by atoms with van der Waals surface area (Å²) in [6, 6.07) is 4.82. The Kier molecular flexibility index (Phi) is 3.99. The summed E-state index contributed by atoms with van der Waals surface area (Å²) in [6.45, 7) is 13.1. The third kappa shape index (κ3) is 2.63. The Hall–Kier alpha value is -1.96. The van der Waals surface area contributed by atoms with Gasteiger partial charge in [0.15, 0.2) is 0 Å². The van der Waals surface area contributed by atoms with Gasteiger partial charge in [-0.05, 0) is 85.7 Å². The van der Waals surface area contributed by atoms with Gasteiger partial charge in [-0.25, -0.2) is 8.78 Å². The quantitative estimate of drug-likeness (QED) is 0.645. The van der Waals surface area contributed by atoms with Crippen molar-refractivity contribution in [2.24, 2.45) is 0 Å². The summed E-state index contributed by atoms with van der Waals surface area (Å²) in [5.74, 6) is -0.562. The Bertz CT molecular complexity index is 690. The second kappa shape index (κ2) is 5.44. The predicted octanol–water partition coefficient (Wildman–Crippen LogP) is 5.90. The number of hydrogen-bond acceptors (Lipinski definition) is 0. The molecule has 0 fully saturated rings. The van der Waals surface area contributed by atoms with Crippen LogP contribution in [0.1, 0.15) is 34.7 Å². The first-order valence-corrected chi connectivity index (χ1v) is 6.96. The van der Waals surface area contributed by atoms with Crippen LogP contribution in [0.15, 0.2) is 24.8 Å². The molecule has 2 rings (SSSR count). The first kappa shape index (κ1) is 15.4. The molecule has 0 aliphatic carbocycles. The average molecular weight is 286 g/mol. The lowest BCUT2D eigenvalue weighted by atomic mass is 9.86. The molecule has 0 atom stereocenters. The van der Waals surface area contributed by atoms with E-state index in [1.165, 1.54) is 12.1 Å². The summed E-state index contributed by atoms with van der Waals surface area (Å²) in [4.78, 5) is 0. The molecular weight excluding hydrogens is 266 g/mol. The number of aryl methyl sites for hydroxylation is 1. The van der Waals surface area contributed by atoms with Gasteiger partial charge < -0.3 is 0 Å². The highest BCUT2D eigenvalue weighted by Gasteiger charge is 2.19. The molecule has 0 saturated carbocycles. The van der Waals surface area contributed by atoms with Gasteiger partial charge in [0.2, 0.25) is 0 Å². The van der Waals surface area contributed by atoms with E-state index in [0.29, 0.717) is 16.7 Å². The van der Waals surface area contributed by atoms with E-state index in [1.54, 1.807) is 13.8 Å². The summed E-state index contributed by atoms with van der Waals surface area (Å²) < 4.78 is 28.4. The van der Waals surface area contributed by atoms with Crippen LogP contribution < -0.4 is 0 Å². The van der Waals surface area contributed by atoms with E-state index >= 15 is 0 Å². The van der Waals surface area contributed by atoms with E-state index < -0.39 is 0 Å². The molecule has 0 nitrogen and oxygen atoms in total. The van der Waals surface area contributed by atoms with Gasteiger partial charge in [-0.2, -0.15) is 0 Å². The van der Waals surface area contributed by atoms with Crippen molar-refractivity contribution in [2.75, 3.05) is 0 Å². The zero-order valence-corrected chi connectivity index (χ0v) is 13.2. The fourth-order valence-electron chi connectivity index (χ4n) is 2.94. The van der Waals surface area contributed by atoms with Crippen molar-refractivity contribution in [3.8, 4) is 11.1 Å². The highest BCUT2D eigenvalue weighted by molar-refractivity contribution is 5.78. The first-order valence-electron chi connectivity index (χ1n) is 6.96. The van der Waals surface area contributed by atoms with Gasteiger partial charge in [-0.3, -0.25) is 0 Å². The molecule has 2 heteroatoms. The van der Waals surface area contributed by atoms with Gasteiger partial charge in [0.05, 0.1) is 0 Å². The second-order valence-corrected chi connectivity index (χ2v) is 5.74. The average Bonchev–Trinajstić information content (AvgIpc) is 2.35. The van der Waals surface area contributed by atoms with E-state index in [4.69, 9.17) is 0 Å². The zero-order valence-electron chi connectivity index (χ0n) is 13.2. The van der Waals surface area contributed by atoms with Crippen LogP contribution in [0.4, 0.5) is 8.78 Å². The molecule has 0 radical (unpaired) electrons. The number of rotatable bonds is 2. The third-order valence-electron chi connectivity index (χ3n) is 3.99. The topological polar surface area (TPSA) is 0 Å². The Morgan fingerprint density at radius 1 is 0.905 bits per heavy atom. The van der Waals surface area contributed by atoms with Gasteiger partial charge in [-0.15, -0.1) is 0 Å². The Morgan fingerprint density at radius 2 is 1.52 bits per heavy atom. The van der Waals surface area contributed by atoms with Gasteiger partial charge in [0.25, 0.3) is 0 Å². The standard InChI is InChI=1S/C19H20F2/c1-10(2)17-12(4)13(5)18(14(6)19(17)21)15-7-11(3)8-16(20)9-15/h7-9H,1H2,2-6H3. The molecule has 0 bridgehead atoms. The Labute approximate surface area is 125 Å². The third-order valence-corrected chi connectivity index (χ3v) is 3.99. The lowest BCUT2D eigenvalue weighted by molar-refractivity contribution is 0.613. The fourth-order valence-corrected chi connectivity index (χ4v) is 2.94. The second-order valence-electron chi connectivity index (χ2n) is 5.74. The first-order chi connectivity index (χ1) is 9.73. The van der Waals surface area contributed by atoms with Crippen molar-refractivity contribution >= 4 is 5.57 Å². The van der Waals surface area contributed by atoms with Crippen LogP contribution in [0.3, 0.4) is 0 Å². The molecule has 0 heterocycles. The van der Waals surface area contributed by atoms with Gasteiger partial charge in [0.1, 0.15) is 11.6 Å². The Balaban J connectivity index is 2.85. The molecule has 0 saturated heterocycles. The monoisotopic (exact) mass is 286 g/mol. The normalized spacial score (nSPS) is 10.8. The molecule has 0 aromatic heterocycles. The molecule has 0 N–H and O–H groups in total. The summed E-state index contributed by atoms with van der Waals surface area (Å²) in [5.41, 5.74) is 5.97. The summed E-state index contributed by atoms with van der Waals surface area (Å²) in [6.07, 6.45) is 0. The minimum Gasteiger partial charge on any atom is -0.207 e. The van der Waals surface area contributed by atoms with Crippen molar-refractivity contribution in [1.82, 2.24) is 0 Å². The molecule has 2 aromatic rings. The van der Waals surface area contributed by atoms with Crippen LogP contribution in [-0.2, 0) is 0 Å². The molecule has 0 amide bonds. The minimum absolute atomic E-state index is 0.262.